The number of nitrogens with zero attached hydrogens (tertiary/aromatic N) is 2. The number of hydrogen-bond donors (Lipinski definition) is 1. The van der Waals surface area contributed by atoms with E-state index in [9.17, 15) is 22.8 Å². The van der Waals surface area contributed by atoms with Gasteiger partial charge in [-0.3, -0.25) is 14.6 Å². The maximum atomic E-state index is 13.1. The van der Waals surface area contributed by atoms with Gasteiger partial charge in [-0.15, -0.1) is 0 Å². The van der Waals surface area contributed by atoms with Crippen molar-refractivity contribution in [3.05, 3.63) is 59.4 Å². The molecule has 0 aliphatic carbocycles. The lowest BCUT2D eigenvalue weighted by Crippen LogP contribution is -2.35. The van der Waals surface area contributed by atoms with Crippen LogP contribution in [0.3, 0.4) is 0 Å². The number of benzene rings is 1. The lowest BCUT2D eigenvalue weighted by molar-refractivity contribution is -0.136. The van der Waals surface area contributed by atoms with Crippen molar-refractivity contribution in [1.29, 1.82) is 0 Å². The van der Waals surface area contributed by atoms with Gasteiger partial charge in [-0.2, -0.15) is 13.2 Å². The number of hydrogen-bond acceptors (Lipinski definition) is 3. The average Bonchev–Trinajstić information content (AvgIpc) is 2.68. The molecule has 142 valence electrons. The van der Waals surface area contributed by atoms with E-state index in [-0.39, 0.29) is 17.3 Å². The fraction of sp³-hybridized carbons (Fsp3) is 0.316. The molecule has 0 spiro atoms. The SMILES string of the molecule is O=C(Nc1ccccc1C(F)(F)F)c1cc(C(=O)N2CCCCC2)ccn1. The number of anilines is 1. The highest BCUT2D eigenvalue weighted by Crippen LogP contribution is 2.34. The number of rotatable bonds is 3. The predicted molar refractivity (Wildman–Crippen MR) is 93.4 cm³/mol. The Bertz CT molecular complexity index is 846. The lowest BCUT2D eigenvalue weighted by atomic mass is 10.1. The number of piperidine rings is 1. The van der Waals surface area contributed by atoms with Crippen LogP contribution in [0, 0.1) is 0 Å². The third kappa shape index (κ3) is 4.45. The van der Waals surface area contributed by atoms with Crippen LogP contribution in [0.1, 0.15) is 45.7 Å². The van der Waals surface area contributed by atoms with Crippen molar-refractivity contribution in [3.63, 3.8) is 0 Å². The Morgan fingerprint density at radius 1 is 1.04 bits per heavy atom. The molecule has 0 unspecified atom stereocenters. The molecule has 1 aromatic heterocycles. The molecule has 0 radical (unpaired) electrons. The first kappa shape index (κ1) is 18.9. The summed E-state index contributed by atoms with van der Waals surface area (Å²) in [7, 11) is 0. The van der Waals surface area contributed by atoms with Crippen molar-refractivity contribution >= 4 is 17.5 Å². The quantitative estimate of drug-likeness (QED) is 0.880. The van der Waals surface area contributed by atoms with Crippen LogP contribution >= 0.6 is 0 Å². The molecule has 1 aromatic carbocycles. The van der Waals surface area contributed by atoms with Crippen LogP contribution in [0.15, 0.2) is 42.6 Å². The minimum atomic E-state index is -4.59. The van der Waals surface area contributed by atoms with Gasteiger partial charge >= 0.3 is 6.18 Å². The summed E-state index contributed by atoms with van der Waals surface area (Å²) < 4.78 is 39.2. The smallest absolute Gasteiger partial charge is 0.339 e. The lowest BCUT2D eigenvalue weighted by Gasteiger charge is -2.26. The summed E-state index contributed by atoms with van der Waals surface area (Å²) in [5.74, 6) is -1.01. The number of para-hydroxylation sites is 1. The van der Waals surface area contributed by atoms with Gasteiger partial charge < -0.3 is 10.2 Å². The molecule has 8 heteroatoms. The largest absolute Gasteiger partial charge is 0.418 e. The molecule has 1 aliphatic rings. The van der Waals surface area contributed by atoms with Crippen molar-refractivity contribution in [1.82, 2.24) is 9.88 Å². The number of carbonyl (C=O) groups excluding carboxylic acids is 2. The van der Waals surface area contributed by atoms with Crippen LogP contribution in [-0.2, 0) is 6.18 Å². The van der Waals surface area contributed by atoms with Crippen LogP contribution in [-0.4, -0.2) is 34.8 Å². The first-order valence-corrected chi connectivity index (χ1v) is 8.59. The highest BCUT2D eigenvalue weighted by atomic mass is 19.4. The van der Waals surface area contributed by atoms with Crippen LogP contribution in [0.4, 0.5) is 18.9 Å². The van der Waals surface area contributed by atoms with Gasteiger partial charge in [0.25, 0.3) is 11.8 Å². The average molecular weight is 377 g/mol. The fourth-order valence-electron chi connectivity index (χ4n) is 2.99. The zero-order valence-electron chi connectivity index (χ0n) is 14.4. The molecule has 2 amide bonds. The third-order valence-electron chi connectivity index (χ3n) is 4.36. The van der Waals surface area contributed by atoms with Gasteiger partial charge in [-0.1, -0.05) is 12.1 Å². The fourth-order valence-corrected chi connectivity index (χ4v) is 2.99. The standard InChI is InChI=1S/C19H18F3N3O2/c20-19(21,22)14-6-2-3-7-15(14)24-17(26)16-12-13(8-9-23-16)18(27)25-10-4-1-5-11-25/h2-3,6-9,12H,1,4-5,10-11H2,(H,24,26). The second-order valence-corrected chi connectivity index (χ2v) is 6.28. The number of carbonyl (C=O) groups is 2. The maximum absolute atomic E-state index is 13.1. The van der Waals surface area contributed by atoms with Gasteiger partial charge in [0, 0.05) is 24.8 Å². The summed E-state index contributed by atoms with van der Waals surface area (Å²) in [6, 6.07) is 7.51. The monoisotopic (exact) mass is 377 g/mol. The molecule has 3 rings (SSSR count). The number of nitrogens with one attached hydrogen (secondary N) is 1. The summed E-state index contributed by atoms with van der Waals surface area (Å²) in [6.07, 6.45) is -0.353. The van der Waals surface area contributed by atoms with E-state index in [1.165, 1.54) is 36.5 Å². The molecule has 0 saturated carbocycles. The molecule has 0 bridgehead atoms. The Kier molecular flexibility index (Phi) is 5.43. The Labute approximate surface area is 154 Å². The van der Waals surface area contributed by atoms with Crippen molar-refractivity contribution in [2.24, 2.45) is 0 Å². The van der Waals surface area contributed by atoms with Crippen LogP contribution in [0.25, 0.3) is 0 Å². The second-order valence-electron chi connectivity index (χ2n) is 6.28. The summed E-state index contributed by atoms with van der Waals surface area (Å²) in [6.45, 7) is 1.31. The zero-order valence-corrected chi connectivity index (χ0v) is 14.4. The van der Waals surface area contributed by atoms with Gasteiger partial charge in [0.15, 0.2) is 0 Å². The summed E-state index contributed by atoms with van der Waals surface area (Å²) in [4.78, 5) is 30.5. The minimum Gasteiger partial charge on any atom is -0.339 e. The molecule has 2 aromatic rings. The topological polar surface area (TPSA) is 62.3 Å². The Hall–Kier alpha value is -2.90. The van der Waals surface area contributed by atoms with Crippen molar-refractivity contribution in [2.75, 3.05) is 18.4 Å². The van der Waals surface area contributed by atoms with Crippen LogP contribution in [0.5, 0.6) is 0 Å². The number of amides is 2. The van der Waals surface area contributed by atoms with Crippen molar-refractivity contribution < 1.29 is 22.8 Å². The van der Waals surface area contributed by atoms with E-state index >= 15 is 0 Å². The first-order valence-electron chi connectivity index (χ1n) is 8.59. The molecule has 1 saturated heterocycles. The van der Waals surface area contributed by atoms with Crippen LogP contribution < -0.4 is 5.32 Å². The van der Waals surface area contributed by atoms with E-state index in [0.717, 1.165) is 25.3 Å². The summed E-state index contributed by atoms with van der Waals surface area (Å²) >= 11 is 0. The molecule has 0 atom stereocenters. The maximum Gasteiger partial charge on any atom is 0.418 e. The normalized spacial score (nSPS) is 14.7. The van der Waals surface area contributed by atoms with E-state index in [4.69, 9.17) is 0 Å². The van der Waals surface area contributed by atoms with Crippen molar-refractivity contribution in [2.45, 2.75) is 25.4 Å². The molecule has 1 aliphatic heterocycles. The number of aromatic nitrogens is 1. The molecular formula is C19H18F3N3O2. The van der Waals surface area contributed by atoms with Gasteiger partial charge in [0.05, 0.1) is 11.3 Å². The Morgan fingerprint density at radius 3 is 2.44 bits per heavy atom. The molecule has 27 heavy (non-hydrogen) atoms. The van der Waals surface area contributed by atoms with E-state index in [1.54, 1.807) is 4.90 Å². The van der Waals surface area contributed by atoms with Gasteiger partial charge in [-0.25, -0.2) is 0 Å². The van der Waals surface area contributed by atoms with Crippen molar-refractivity contribution in [3.8, 4) is 0 Å². The second kappa shape index (κ2) is 7.77. The Balaban J connectivity index is 1.79. The number of alkyl halides is 3. The highest BCUT2D eigenvalue weighted by molar-refractivity contribution is 6.05. The van der Waals surface area contributed by atoms with E-state index in [1.807, 2.05) is 0 Å². The van der Waals surface area contributed by atoms with E-state index in [0.29, 0.717) is 18.7 Å². The molecule has 5 nitrogen and oxygen atoms in total. The number of pyridine rings is 1. The third-order valence-corrected chi connectivity index (χ3v) is 4.36. The van der Waals surface area contributed by atoms with E-state index < -0.39 is 17.6 Å². The van der Waals surface area contributed by atoms with Gasteiger partial charge in [0.1, 0.15) is 5.69 Å². The molecular weight excluding hydrogens is 359 g/mol. The summed E-state index contributed by atoms with van der Waals surface area (Å²) in [5, 5.41) is 2.23. The summed E-state index contributed by atoms with van der Waals surface area (Å²) in [5.41, 5.74) is -1.13. The van der Waals surface area contributed by atoms with E-state index in [2.05, 4.69) is 10.3 Å². The molecule has 1 N–H and O–H groups in total. The van der Waals surface area contributed by atoms with Gasteiger partial charge in [0.2, 0.25) is 0 Å². The predicted octanol–water partition coefficient (Wildman–Crippen LogP) is 3.98. The molecule has 1 fully saturated rings. The number of likely N-dealkylation sites (tertiary alicyclic amines) is 1. The minimum absolute atomic E-state index is 0.116. The number of halogens is 3. The molecule has 2 heterocycles. The van der Waals surface area contributed by atoms with Crippen LogP contribution in [0.2, 0.25) is 0 Å². The zero-order chi connectivity index (χ0) is 19.4. The first-order chi connectivity index (χ1) is 12.9. The van der Waals surface area contributed by atoms with Gasteiger partial charge in [-0.05, 0) is 43.5 Å². The highest BCUT2D eigenvalue weighted by Gasteiger charge is 2.33. The Morgan fingerprint density at radius 2 is 1.74 bits per heavy atom.